The van der Waals surface area contributed by atoms with Gasteiger partial charge in [0.15, 0.2) is 11.5 Å². The van der Waals surface area contributed by atoms with Gasteiger partial charge in [0.25, 0.3) is 10.0 Å². The van der Waals surface area contributed by atoms with E-state index in [1.165, 1.54) is 42.5 Å². The number of carbonyl (C=O) groups is 1. The highest BCUT2D eigenvalue weighted by atomic mass is 35.5. The highest BCUT2D eigenvalue weighted by Gasteiger charge is 2.15. The molecule has 0 saturated carbocycles. The van der Waals surface area contributed by atoms with E-state index in [0.29, 0.717) is 46.9 Å². The lowest BCUT2D eigenvalue weighted by Gasteiger charge is -2.12. The van der Waals surface area contributed by atoms with Crippen molar-refractivity contribution in [1.29, 1.82) is 0 Å². The number of rotatable bonds is 11. The van der Waals surface area contributed by atoms with Crippen LogP contribution in [0.15, 0.2) is 65.6 Å². The number of carbonyl (C=O) groups excluding carboxylic acids is 1. The number of halogens is 2. The maximum Gasteiger partial charge on any atom is 0.261 e. The molecule has 0 aliphatic carbocycles. The van der Waals surface area contributed by atoms with Gasteiger partial charge in [0.05, 0.1) is 23.8 Å². The zero-order valence-electron chi connectivity index (χ0n) is 19.3. The third kappa shape index (κ3) is 7.78. The first-order valence-electron chi connectivity index (χ1n) is 11.0. The first kappa shape index (κ1) is 26.7. The van der Waals surface area contributed by atoms with Gasteiger partial charge in [0.1, 0.15) is 0 Å². The summed E-state index contributed by atoms with van der Waals surface area (Å²) in [5.41, 5.74) is 1.68. The Hall–Kier alpha value is -2.94. The first-order chi connectivity index (χ1) is 16.7. The zero-order valence-corrected chi connectivity index (χ0v) is 21.6. The molecule has 0 bridgehead atoms. The normalized spacial score (nSPS) is 11.1. The molecule has 0 aromatic heterocycles. The second kappa shape index (κ2) is 12.2. The summed E-state index contributed by atoms with van der Waals surface area (Å²) in [5.74, 6) is 1.13. The van der Waals surface area contributed by atoms with Crippen LogP contribution < -0.4 is 19.5 Å². The lowest BCUT2D eigenvalue weighted by Crippen LogP contribution is -2.14. The van der Waals surface area contributed by atoms with E-state index in [9.17, 15) is 13.2 Å². The van der Waals surface area contributed by atoms with Gasteiger partial charge in [-0.2, -0.15) is 0 Å². The lowest BCUT2D eigenvalue weighted by molar-refractivity contribution is -0.116. The minimum absolute atomic E-state index is 0.0319. The van der Waals surface area contributed by atoms with Gasteiger partial charge in [-0.05, 0) is 80.4 Å². The number of amides is 1. The van der Waals surface area contributed by atoms with Crippen LogP contribution in [0.1, 0.15) is 25.8 Å². The minimum Gasteiger partial charge on any atom is -0.490 e. The molecule has 0 fully saturated rings. The predicted molar refractivity (Wildman–Crippen MR) is 139 cm³/mol. The molecular formula is C25H26Cl2N2O5S. The summed E-state index contributed by atoms with van der Waals surface area (Å²) < 4.78 is 38.9. The highest BCUT2D eigenvalue weighted by Crippen LogP contribution is 2.29. The number of hydrogen-bond donors (Lipinski definition) is 2. The summed E-state index contributed by atoms with van der Waals surface area (Å²) in [5, 5.41) is 3.41. The van der Waals surface area contributed by atoms with Gasteiger partial charge in [-0.1, -0.05) is 29.3 Å². The quantitative estimate of drug-likeness (QED) is 0.306. The Balaban J connectivity index is 1.59. The number of benzene rings is 3. The van der Waals surface area contributed by atoms with Crippen LogP contribution in [0.2, 0.25) is 10.0 Å². The van der Waals surface area contributed by atoms with Crippen LogP contribution in [-0.4, -0.2) is 27.5 Å². The van der Waals surface area contributed by atoms with Crippen LogP contribution in [0.25, 0.3) is 0 Å². The molecule has 186 valence electrons. The molecule has 1 amide bonds. The molecule has 10 heteroatoms. The van der Waals surface area contributed by atoms with Crippen molar-refractivity contribution in [3.8, 4) is 11.5 Å². The number of ether oxygens (including phenoxy) is 2. The van der Waals surface area contributed by atoms with Gasteiger partial charge >= 0.3 is 0 Å². The summed E-state index contributed by atoms with van der Waals surface area (Å²) in [6.07, 6.45) is 0.758. The van der Waals surface area contributed by atoms with Crippen molar-refractivity contribution in [1.82, 2.24) is 0 Å². The number of nitrogens with one attached hydrogen (secondary N) is 2. The van der Waals surface area contributed by atoms with Crippen LogP contribution in [0.5, 0.6) is 11.5 Å². The fourth-order valence-corrected chi connectivity index (χ4v) is 4.84. The molecule has 0 saturated heterocycles. The summed E-state index contributed by atoms with van der Waals surface area (Å²) in [4.78, 5) is 12.5. The van der Waals surface area contributed by atoms with Gasteiger partial charge in [0.2, 0.25) is 5.91 Å². The second-order valence-corrected chi connectivity index (χ2v) is 10.0. The summed E-state index contributed by atoms with van der Waals surface area (Å²) >= 11 is 11.9. The molecular weight excluding hydrogens is 511 g/mol. The smallest absolute Gasteiger partial charge is 0.261 e. The van der Waals surface area contributed by atoms with Crippen LogP contribution in [0.4, 0.5) is 11.4 Å². The Labute approximate surface area is 215 Å². The maximum atomic E-state index is 12.7. The average Bonchev–Trinajstić information content (AvgIpc) is 2.79. The molecule has 0 radical (unpaired) electrons. The van der Waals surface area contributed by atoms with E-state index in [2.05, 4.69) is 10.0 Å². The van der Waals surface area contributed by atoms with Gasteiger partial charge in [-0.15, -0.1) is 0 Å². The first-order valence-corrected chi connectivity index (χ1v) is 13.2. The second-order valence-electron chi connectivity index (χ2n) is 7.48. The van der Waals surface area contributed by atoms with E-state index in [0.717, 1.165) is 5.56 Å². The molecule has 0 heterocycles. The average molecular weight is 537 g/mol. The SMILES string of the molecule is CCOc1ccc(CCC(=O)Nc2ccc(S(=O)(=O)Nc3cc(Cl)cc(Cl)c3)cc2)cc1OCC. The van der Waals surface area contributed by atoms with Gasteiger partial charge in [-0.3, -0.25) is 9.52 Å². The van der Waals surface area contributed by atoms with Crippen molar-refractivity contribution in [3.63, 3.8) is 0 Å². The van der Waals surface area contributed by atoms with E-state index >= 15 is 0 Å². The Morgan fingerprint density at radius 3 is 2.09 bits per heavy atom. The van der Waals surface area contributed by atoms with Gasteiger partial charge in [0, 0.05) is 22.2 Å². The van der Waals surface area contributed by atoms with Crippen molar-refractivity contribution >= 4 is 50.5 Å². The Bertz CT molecular complexity index is 1260. The molecule has 3 aromatic carbocycles. The van der Waals surface area contributed by atoms with Crippen molar-refractivity contribution in [2.45, 2.75) is 31.6 Å². The third-order valence-electron chi connectivity index (χ3n) is 4.81. The van der Waals surface area contributed by atoms with Crippen LogP contribution >= 0.6 is 23.2 Å². The molecule has 3 aromatic rings. The minimum atomic E-state index is -3.86. The monoisotopic (exact) mass is 536 g/mol. The molecule has 0 unspecified atom stereocenters. The van der Waals surface area contributed by atoms with Crippen molar-refractivity contribution in [2.75, 3.05) is 23.3 Å². The number of anilines is 2. The molecule has 0 aliphatic rings. The Kier molecular flexibility index (Phi) is 9.26. The van der Waals surface area contributed by atoms with Crippen LogP contribution in [-0.2, 0) is 21.2 Å². The van der Waals surface area contributed by atoms with Gasteiger partial charge < -0.3 is 14.8 Å². The molecule has 3 rings (SSSR count). The molecule has 7 nitrogen and oxygen atoms in total. The fourth-order valence-electron chi connectivity index (χ4n) is 3.28. The number of hydrogen-bond acceptors (Lipinski definition) is 5. The molecule has 0 spiro atoms. The maximum absolute atomic E-state index is 12.7. The topological polar surface area (TPSA) is 93.7 Å². The highest BCUT2D eigenvalue weighted by molar-refractivity contribution is 7.92. The van der Waals surface area contributed by atoms with E-state index in [4.69, 9.17) is 32.7 Å². The van der Waals surface area contributed by atoms with E-state index < -0.39 is 10.0 Å². The largest absolute Gasteiger partial charge is 0.490 e. The van der Waals surface area contributed by atoms with Crippen molar-refractivity contribution < 1.29 is 22.7 Å². The zero-order chi connectivity index (χ0) is 25.4. The molecule has 0 atom stereocenters. The summed E-state index contributed by atoms with van der Waals surface area (Å²) in [6, 6.07) is 15.9. The van der Waals surface area contributed by atoms with Gasteiger partial charge in [-0.25, -0.2) is 8.42 Å². The summed E-state index contributed by atoms with van der Waals surface area (Å²) in [7, 11) is -3.86. The number of aryl methyl sites for hydroxylation is 1. The van der Waals surface area contributed by atoms with Crippen LogP contribution in [0, 0.1) is 0 Å². The molecule has 2 N–H and O–H groups in total. The van der Waals surface area contributed by atoms with Crippen molar-refractivity contribution in [3.05, 3.63) is 76.3 Å². The van der Waals surface area contributed by atoms with Crippen LogP contribution in [0.3, 0.4) is 0 Å². The van der Waals surface area contributed by atoms with Crippen molar-refractivity contribution in [2.24, 2.45) is 0 Å². The lowest BCUT2D eigenvalue weighted by atomic mass is 10.1. The Morgan fingerprint density at radius 2 is 1.46 bits per heavy atom. The summed E-state index contributed by atoms with van der Waals surface area (Å²) in [6.45, 7) is 4.85. The third-order valence-corrected chi connectivity index (χ3v) is 6.65. The Morgan fingerprint density at radius 1 is 0.829 bits per heavy atom. The fraction of sp³-hybridized carbons (Fsp3) is 0.240. The predicted octanol–water partition coefficient (Wildman–Crippen LogP) is 6.16. The standard InChI is InChI=1S/C25H26Cl2N2O5S/c1-3-33-23-11-5-17(13-24(23)34-4-2)6-12-25(30)28-20-7-9-22(10-8-20)35(31,32)29-21-15-18(26)14-19(27)16-21/h5,7-11,13-16,29H,3-4,6,12H2,1-2H3,(H,28,30). The van der Waals surface area contributed by atoms with E-state index in [1.807, 2.05) is 32.0 Å². The molecule has 35 heavy (non-hydrogen) atoms. The van der Waals surface area contributed by atoms with E-state index in [1.54, 1.807) is 0 Å². The number of sulfonamides is 1. The molecule has 0 aliphatic heterocycles. The van der Waals surface area contributed by atoms with E-state index in [-0.39, 0.29) is 22.9 Å².